The van der Waals surface area contributed by atoms with Crippen molar-refractivity contribution in [3.8, 4) is 0 Å². The maximum Gasteiger partial charge on any atom is 0.212 e. The first kappa shape index (κ1) is 16.3. The van der Waals surface area contributed by atoms with Crippen LogP contribution < -0.4 is 9.62 Å². The quantitative estimate of drug-likeness (QED) is 0.828. The molecule has 0 spiro atoms. The second kappa shape index (κ2) is 7.24. The first-order valence-electron chi connectivity index (χ1n) is 7.30. The van der Waals surface area contributed by atoms with Crippen molar-refractivity contribution in [1.29, 1.82) is 0 Å². The number of nitrogens with zero attached hydrogens (tertiary/aromatic N) is 1. The summed E-state index contributed by atoms with van der Waals surface area (Å²) in [6.07, 6.45) is 0.833. The van der Waals surface area contributed by atoms with E-state index in [1.807, 2.05) is 49.2 Å². The highest BCUT2D eigenvalue weighted by Gasteiger charge is 2.24. The molecule has 1 N–H and O–H groups in total. The van der Waals surface area contributed by atoms with Crippen LogP contribution in [0.25, 0.3) is 0 Å². The highest BCUT2D eigenvalue weighted by atomic mass is 32.2. The average Bonchev–Trinajstić information content (AvgIpc) is 2.90. The highest BCUT2D eigenvalue weighted by molar-refractivity contribution is 7.89. The molecule has 5 nitrogen and oxygen atoms in total. The summed E-state index contributed by atoms with van der Waals surface area (Å²) in [7, 11) is -1.29. The van der Waals surface area contributed by atoms with Gasteiger partial charge in [-0.1, -0.05) is 18.2 Å². The Hall–Kier alpha value is -1.11. The lowest BCUT2D eigenvalue weighted by Gasteiger charge is -2.24. The van der Waals surface area contributed by atoms with Crippen LogP contribution in [0.2, 0.25) is 0 Å². The van der Waals surface area contributed by atoms with Crippen molar-refractivity contribution in [2.45, 2.75) is 19.4 Å². The van der Waals surface area contributed by atoms with E-state index in [2.05, 4.69) is 4.72 Å². The van der Waals surface area contributed by atoms with Gasteiger partial charge >= 0.3 is 0 Å². The van der Waals surface area contributed by atoms with Gasteiger partial charge in [-0.05, 0) is 31.4 Å². The summed E-state index contributed by atoms with van der Waals surface area (Å²) in [5.41, 5.74) is 1.08. The molecule has 0 radical (unpaired) electrons. The summed E-state index contributed by atoms with van der Waals surface area (Å²) < 4.78 is 32.2. The first-order valence-corrected chi connectivity index (χ1v) is 8.95. The van der Waals surface area contributed by atoms with Gasteiger partial charge in [0.1, 0.15) is 0 Å². The third-order valence-electron chi connectivity index (χ3n) is 3.60. The molecule has 1 aliphatic rings. The smallest absolute Gasteiger partial charge is 0.212 e. The summed E-state index contributed by atoms with van der Waals surface area (Å²) in [4.78, 5) is 2.05. The number of benzene rings is 1. The van der Waals surface area contributed by atoms with E-state index in [1.54, 1.807) is 0 Å². The van der Waals surface area contributed by atoms with E-state index >= 15 is 0 Å². The summed E-state index contributed by atoms with van der Waals surface area (Å²) in [6.45, 7) is 3.75. The van der Waals surface area contributed by atoms with E-state index in [1.165, 1.54) is 0 Å². The molecule has 21 heavy (non-hydrogen) atoms. The zero-order valence-electron chi connectivity index (χ0n) is 12.7. The Morgan fingerprint density at radius 3 is 2.71 bits per heavy atom. The largest absolute Gasteiger partial charge is 0.381 e. The molecule has 0 amide bonds. The van der Waals surface area contributed by atoms with Gasteiger partial charge in [-0.3, -0.25) is 0 Å². The van der Waals surface area contributed by atoms with Crippen molar-refractivity contribution in [1.82, 2.24) is 4.72 Å². The number of hydrogen-bond donors (Lipinski definition) is 1. The third kappa shape index (κ3) is 5.30. The van der Waals surface area contributed by atoms with Gasteiger partial charge in [-0.15, -0.1) is 0 Å². The van der Waals surface area contributed by atoms with Crippen LogP contribution in [-0.4, -0.2) is 47.0 Å². The zero-order chi connectivity index (χ0) is 15.3. The van der Waals surface area contributed by atoms with Crippen molar-refractivity contribution in [3.63, 3.8) is 0 Å². The van der Waals surface area contributed by atoms with Gasteiger partial charge < -0.3 is 9.64 Å². The van der Waals surface area contributed by atoms with Gasteiger partial charge in [-0.2, -0.15) is 0 Å². The molecule has 6 heteroatoms. The number of rotatable bonds is 7. The molecule has 1 saturated heterocycles. The SMILES string of the molecule is C[C@@H](CN(C)c1ccccc1)NS(=O)(=O)C[C@H]1CCOC1. The van der Waals surface area contributed by atoms with Gasteiger partial charge in [-0.25, -0.2) is 13.1 Å². The molecule has 0 bridgehead atoms. The summed E-state index contributed by atoms with van der Waals surface area (Å²) >= 11 is 0. The van der Waals surface area contributed by atoms with E-state index in [4.69, 9.17) is 4.74 Å². The first-order chi connectivity index (χ1) is 9.96. The Morgan fingerprint density at radius 2 is 2.10 bits per heavy atom. The number of nitrogens with one attached hydrogen (secondary N) is 1. The lowest BCUT2D eigenvalue weighted by atomic mass is 10.2. The van der Waals surface area contributed by atoms with Crippen LogP contribution in [0.1, 0.15) is 13.3 Å². The van der Waals surface area contributed by atoms with Crippen LogP contribution in [0.4, 0.5) is 5.69 Å². The lowest BCUT2D eigenvalue weighted by molar-refractivity contribution is 0.188. The molecule has 1 heterocycles. The molecule has 2 rings (SSSR count). The molecule has 1 aromatic carbocycles. The predicted octanol–water partition coefficient (Wildman–Crippen LogP) is 1.47. The van der Waals surface area contributed by atoms with Crippen molar-refractivity contribution in [2.24, 2.45) is 5.92 Å². The number of para-hydroxylation sites is 1. The van der Waals surface area contributed by atoms with Crippen molar-refractivity contribution >= 4 is 15.7 Å². The molecule has 0 aromatic heterocycles. The number of anilines is 1. The van der Waals surface area contributed by atoms with Gasteiger partial charge in [0.2, 0.25) is 10.0 Å². The van der Waals surface area contributed by atoms with Crippen LogP contribution in [-0.2, 0) is 14.8 Å². The molecule has 0 unspecified atom stereocenters. The fraction of sp³-hybridized carbons (Fsp3) is 0.600. The van der Waals surface area contributed by atoms with Gasteiger partial charge in [0, 0.05) is 31.9 Å². The minimum Gasteiger partial charge on any atom is -0.381 e. The predicted molar refractivity (Wildman–Crippen MR) is 85.0 cm³/mol. The Labute approximate surface area is 127 Å². The van der Waals surface area contributed by atoms with Crippen molar-refractivity contribution in [3.05, 3.63) is 30.3 Å². The fourth-order valence-electron chi connectivity index (χ4n) is 2.62. The molecule has 118 valence electrons. The van der Waals surface area contributed by atoms with E-state index < -0.39 is 10.0 Å². The van der Waals surface area contributed by atoms with Gasteiger partial charge in [0.05, 0.1) is 12.4 Å². The minimum atomic E-state index is -3.25. The Morgan fingerprint density at radius 1 is 1.38 bits per heavy atom. The van der Waals surface area contributed by atoms with Crippen molar-refractivity contribution in [2.75, 3.05) is 37.5 Å². The number of hydrogen-bond acceptors (Lipinski definition) is 4. The topological polar surface area (TPSA) is 58.6 Å². The highest BCUT2D eigenvalue weighted by Crippen LogP contribution is 2.15. The van der Waals surface area contributed by atoms with Crippen LogP contribution in [0, 0.1) is 5.92 Å². The van der Waals surface area contributed by atoms with Crippen LogP contribution in [0.5, 0.6) is 0 Å². The summed E-state index contributed by atoms with van der Waals surface area (Å²) in [5.74, 6) is 0.286. The molecule has 1 aromatic rings. The molecule has 2 atom stereocenters. The summed E-state index contributed by atoms with van der Waals surface area (Å²) in [5, 5.41) is 0. The maximum absolute atomic E-state index is 12.1. The number of likely N-dealkylation sites (N-methyl/N-ethyl adjacent to an activating group) is 1. The fourth-order valence-corrected chi connectivity index (χ4v) is 4.28. The minimum absolute atomic E-state index is 0.126. The molecule has 1 fully saturated rings. The second-order valence-electron chi connectivity index (χ2n) is 5.75. The maximum atomic E-state index is 12.1. The number of sulfonamides is 1. The normalized spacial score (nSPS) is 20.4. The second-order valence-corrected chi connectivity index (χ2v) is 7.54. The van der Waals surface area contributed by atoms with E-state index in [-0.39, 0.29) is 17.7 Å². The molecule has 0 saturated carbocycles. The van der Waals surface area contributed by atoms with Crippen molar-refractivity contribution < 1.29 is 13.2 Å². The lowest BCUT2D eigenvalue weighted by Crippen LogP contribution is -2.42. The third-order valence-corrected chi connectivity index (χ3v) is 5.28. The molecule has 0 aliphatic carbocycles. The molecular formula is C15H24N2O3S. The van der Waals surface area contributed by atoms with E-state index in [0.29, 0.717) is 19.8 Å². The summed E-state index contributed by atoms with van der Waals surface area (Å²) in [6, 6.07) is 9.80. The standard InChI is InChI=1S/C15H24N2O3S/c1-13(10-17(2)15-6-4-3-5-7-15)16-21(18,19)12-14-8-9-20-11-14/h3-7,13-14,16H,8-12H2,1-2H3/t13-,14-/m0/s1. The van der Waals surface area contributed by atoms with Crippen LogP contribution in [0.3, 0.4) is 0 Å². The Bertz CT molecular complexity index is 527. The van der Waals surface area contributed by atoms with E-state index in [9.17, 15) is 8.42 Å². The molecular weight excluding hydrogens is 288 g/mol. The molecule has 1 aliphatic heterocycles. The van der Waals surface area contributed by atoms with Crippen LogP contribution >= 0.6 is 0 Å². The average molecular weight is 312 g/mol. The van der Waals surface area contributed by atoms with Crippen LogP contribution in [0.15, 0.2) is 30.3 Å². The van der Waals surface area contributed by atoms with Gasteiger partial charge in [0.25, 0.3) is 0 Å². The van der Waals surface area contributed by atoms with Gasteiger partial charge in [0.15, 0.2) is 0 Å². The van der Waals surface area contributed by atoms with E-state index in [0.717, 1.165) is 12.1 Å². The Balaban J connectivity index is 1.84. The monoisotopic (exact) mass is 312 g/mol. The Kier molecular flexibility index (Phi) is 5.61. The zero-order valence-corrected chi connectivity index (χ0v) is 13.5. The number of ether oxygens (including phenoxy) is 1.